The summed E-state index contributed by atoms with van der Waals surface area (Å²) >= 11 is 5.87. The molecule has 0 heterocycles. The topological polar surface area (TPSA) is 35.2 Å². The lowest BCUT2D eigenvalue weighted by molar-refractivity contribution is -0.0497. The van der Waals surface area contributed by atoms with Crippen molar-refractivity contribution in [3.8, 4) is 5.75 Å². The van der Waals surface area contributed by atoms with E-state index in [1.807, 2.05) is 0 Å². The highest BCUT2D eigenvalue weighted by molar-refractivity contribution is 6.32. The van der Waals surface area contributed by atoms with Crippen molar-refractivity contribution in [3.63, 3.8) is 0 Å². The minimum Gasteiger partial charge on any atom is -0.433 e. The van der Waals surface area contributed by atoms with E-state index in [-0.39, 0.29) is 16.2 Å². The van der Waals surface area contributed by atoms with E-state index >= 15 is 0 Å². The molecule has 1 saturated carbocycles. The molecule has 88 valence electrons. The highest BCUT2D eigenvalue weighted by Gasteiger charge is 2.43. The summed E-state index contributed by atoms with van der Waals surface area (Å²) in [5, 5.41) is 0.206. The van der Waals surface area contributed by atoms with E-state index in [1.165, 1.54) is 6.07 Å². The normalized spacial score (nSPS) is 17.6. The van der Waals surface area contributed by atoms with Gasteiger partial charge in [0.25, 0.3) is 0 Å². The molecule has 2 N–H and O–H groups in total. The van der Waals surface area contributed by atoms with Gasteiger partial charge >= 0.3 is 6.61 Å². The van der Waals surface area contributed by atoms with Gasteiger partial charge < -0.3 is 10.5 Å². The SMILES string of the molecule is NCC1(c2ccc(OC(F)F)c(Cl)c2)CC1. The maximum absolute atomic E-state index is 12.0. The van der Waals surface area contributed by atoms with E-state index in [1.54, 1.807) is 12.1 Å². The molecule has 0 bridgehead atoms. The van der Waals surface area contributed by atoms with E-state index in [9.17, 15) is 8.78 Å². The standard InChI is InChI=1S/C11H12ClF2NO/c12-8-5-7(11(6-15)3-4-11)1-2-9(8)16-10(13)14/h1-2,5,10H,3-4,6,15H2. The summed E-state index contributed by atoms with van der Waals surface area (Å²) in [6.45, 7) is -2.30. The van der Waals surface area contributed by atoms with Gasteiger partial charge in [-0.3, -0.25) is 0 Å². The van der Waals surface area contributed by atoms with Gasteiger partial charge in [-0.15, -0.1) is 0 Å². The molecular weight excluding hydrogens is 236 g/mol. The van der Waals surface area contributed by atoms with Gasteiger partial charge in [0.05, 0.1) is 5.02 Å². The molecule has 0 unspecified atom stereocenters. The zero-order valence-electron chi connectivity index (χ0n) is 8.55. The van der Waals surface area contributed by atoms with Gasteiger partial charge in [-0.25, -0.2) is 0 Å². The number of nitrogens with two attached hydrogens (primary N) is 1. The predicted octanol–water partition coefficient (Wildman–Crippen LogP) is 2.93. The summed E-state index contributed by atoms with van der Waals surface area (Å²) in [6.07, 6.45) is 2.05. The Labute approximate surface area is 97.3 Å². The summed E-state index contributed by atoms with van der Waals surface area (Å²) in [4.78, 5) is 0. The first kappa shape index (κ1) is 11.6. The molecule has 0 radical (unpaired) electrons. The first-order valence-corrected chi connectivity index (χ1v) is 5.40. The molecule has 1 fully saturated rings. The minimum absolute atomic E-state index is 0.00695. The fourth-order valence-corrected chi connectivity index (χ4v) is 2.01. The number of hydrogen-bond acceptors (Lipinski definition) is 2. The Balaban J connectivity index is 2.23. The second-order valence-corrected chi connectivity index (χ2v) is 4.42. The van der Waals surface area contributed by atoms with Crippen LogP contribution in [-0.2, 0) is 5.41 Å². The molecule has 2 nitrogen and oxygen atoms in total. The molecule has 0 spiro atoms. The fraction of sp³-hybridized carbons (Fsp3) is 0.455. The Morgan fingerprint density at radius 2 is 2.12 bits per heavy atom. The maximum Gasteiger partial charge on any atom is 0.387 e. The Morgan fingerprint density at radius 1 is 1.44 bits per heavy atom. The van der Waals surface area contributed by atoms with E-state index < -0.39 is 6.61 Å². The zero-order valence-corrected chi connectivity index (χ0v) is 9.31. The quantitative estimate of drug-likeness (QED) is 0.888. The Hall–Kier alpha value is -0.870. The molecule has 1 aromatic rings. The van der Waals surface area contributed by atoms with Gasteiger partial charge in [-0.2, -0.15) is 8.78 Å². The van der Waals surface area contributed by atoms with E-state index in [0.717, 1.165) is 18.4 Å². The predicted molar refractivity (Wildman–Crippen MR) is 58.1 cm³/mol. The van der Waals surface area contributed by atoms with Crippen molar-refractivity contribution in [1.82, 2.24) is 0 Å². The van der Waals surface area contributed by atoms with Crippen molar-refractivity contribution in [2.75, 3.05) is 6.54 Å². The number of halogens is 3. The second-order valence-electron chi connectivity index (χ2n) is 4.01. The lowest BCUT2D eigenvalue weighted by atomic mass is 9.96. The minimum atomic E-state index is -2.85. The molecule has 0 amide bonds. The lowest BCUT2D eigenvalue weighted by Crippen LogP contribution is -2.19. The number of rotatable bonds is 4. The average Bonchev–Trinajstić information content (AvgIpc) is 3.01. The highest BCUT2D eigenvalue weighted by Crippen LogP contribution is 2.48. The smallest absolute Gasteiger partial charge is 0.387 e. The van der Waals surface area contributed by atoms with Crippen molar-refractivity contribution in [1.29, 1.82) is 0 Å². The Bertz CT molecular complexity index is 394. The highest BCUT2D eigenvalue weighted by atomic mass is 35.5. The first-order valence-electron chi connectivity index (χ1n) is 5.02. The van der Waals surface area contributed by atoms with Crippen LogP contribution in [0.25, 0.3) is 0 Å². The molecule has 0 aromatic heterocycles. The van der Waals surface area contributed by atoms with Crippen LogP contribution >= 0.6 is 11.6 Å². The summed E-state index contributed by atoms with van der Waals surface area (Å²) in [7, 11) is 0. The van der Waals surface area contributed by atoms with Crippen LogP contribution in [0.3, 0.4) is 0 Å². The van der Waals surface area contributed by atoms with Crippen molar-refractivity contribution in [2.45, 2.75) is 24.9 Å². The molecule has 0 saturated heterocycles. The summed E-state index contributed by atoms with van der Waals surface area (Å²) < 4.78 is 28.3. The molecule has 16 heavy (non-hydrogen) atoms. The zero-order chi connectivity index (χ0) is 11.8. The van der Waals surface area contributed by atoms with E-state index in [2.05, 4.69) is 4.74 Å². The first-order chi connectivity index (χ1) is 7.57. The van der Waals surface area contributed by atoms with Crippen LogP contribution in [0.15, 0.2) is 18.2 Å². The average molecular weight is 248 g/mol. The lowest BCUT2D eigenvalue weighted by Gasteiger charge is -2.14. The van der Waals surface area contributed by atoms with Crippen LogP contribution in [0.2, 0.25) is 5.02 Å². The molecule has 2 rings (SSSR count). The Morgan fingerprint density at radius 3 is 2.56 bits per heavy atom. The van der Waals surface area contributed by atoms with Gasteiger partial charge in [-0.1, -0.05) is 17.7 Å². The monoisotopic (exact) mass is 247 g/mol. The second kappa shape index (κ2) is 4.18. The number of ether oxygens (including phenoxy) is 1. The van der Waals surface area contributed by atoms with Crippen LogP contribution in [0, 0.1) is 0 Å². The molecule has 0 aliphatic heterocycles. The van der Waals surface area contributed by atoms with Crippen molar-refractivity contribution < 1.29 is 13.5 Å². The molecule has 1 aliphatic rings. The van der Waals surface area contributed by atoms with Gasteiger partial charge in [0.1, 0.15) is 5.75 Å². The van der Waals surface area contributed by atoms with Gasteiger partial charge in [0, 0.05) is 12.0 Å². The van der Waals surface area contributed by atoms with Gasteiger partial charge in [-0.05, 0) is 30.5 Å². The van der Waals surface area contributed by atoms with Crippen molar-refractivity contribution >= 4 is 11.6 Å². The van der Waals surface area contributed by atoms with Gasteiger partial charge in [0.15, 0.2) is 0 Å². The maximum atomic E-state index is 12.0. The van der Waals surface area contributed by atoms with Crippen LogP contribution in [-0.4, -0.2) is 13.2 Å². The van der Waals surface area contributed by atoms with Crippen LogP contribution < -0.4 is 10.5 Å². The largest absolute Gasteiger partial charge is 0.433 e. The summed E-state index contributed by atoms with van der Waals surface area (Å²) in [5.74, 6) is 0.00763. The third-order valence-electron chi connectivity index (χ3n) is 3.00. The molecule has 1 aromatic carbocycles. The number of alkyl halides is 2. The Kier molecular flexibility index (Phi) is 3.04. The third-order valence-corrected chi connectivity index (χ3v) is 3.30. The molecule has 1 aliphatic carbocycles. The summed E-state index contributed by atoms with van der Waals surface area (Å²) in [5.41, 5.74) is 6.68. The van der Waals surface area contributed by atoms with Crippen molar-refractivity contribution in [3.05, 3.63) is 28.8 Å². The number of hydrogen-bond donors (Lipinski definition) is 1. The fourth-order valence-electron chi connectivity index (χ4n) is 1.78. The molecule has 5 heteroatoms. The van der Waals surface area contributed by atoms with Crippen molar-refractivity contribution in [2.24, 2.45) is 5.73 Å². The van der Waals surface area contributed by atoms with E-state index in [4.69, 9.17) is 17.3 Å². The van der Waals surface area contributed by atoms with E-state index in [0.29, 0.717) is 6.54 Å². The molecule has 0 atom stereocenters. The van der Waals surface area contributed by atoms with Crippen LogP contribution in [0.5, 0.6) is 5.75 Å². The third kappa shape index (κ3) is 2.13. The number of benzene rings is 1. The van der Waals surface area contributed by atoms with Crippen LogP contribution in [0.1, 0.15) is 18.4 Å². The molecular formula is C11H12ClF2NO. The van der Waals surface area contributed by atoms with Gasteiger partial charge in [0.2, 0.25) is 0 Å². The van der Waals surface area contributed by atoms with Crippen LogP contribution in [0.4, 0.5) is 8.78 Å². The summed E-state index contributed by atoms with van der Waals surface area (Å²) in [6, 6.07) is 4.89.